The van der Waals surface area contributed by atoms with Gasteiger partial charge in [0, 0.05) is 6.42 Å². The molecule has 0 aliphatic rings. The summed E-state index contributed by atoms with van der Waals surface area (Å²) in [5.41, 5.74) is -1.03. The molecular formula is C15H20BF3NO4-. The Morgan fingerprint density at radius 3 is 2.12 bits per heavy atom. The summed E-state index contributed by atoms with van der Waals surface area (Å²) in [4.78, 5) is 23.6. The third-order valence-electron chi connectivity index (χ3n) is 2.97. The van der Waals surface area contributed by atoms with Gasteiger partial charge < -0.3 is 27.7 Å². The first-order valence-electron chi connectivity index (χ1n) is 7.28. The van der Waals surface area contributed by atoms with Crippen LogP contribution in [0.5, 0.6) is 0 Å². The second kappa shape index (κ2) is 7.59. The average molecular weight is 346 g/mol. The molecule has 0 bridgehead atoms. The summed E-state index contributed by atoms with van der Waals surface area (Å²) < 4.78 is 47.5. The molecule has 5 nitrogen and oxygen atoms in total. The fourth-order valence-electron chi connectivity index (χ4n) is 1.89. The van der Waals surface area contributed by atoms with Crippen molar-refractivity contribution in [3.8, 4) is 0 Å². The molecule has 0 fully saturated rings. The van der Waals surface area contributed by atoms with E-state index in [0.717, 1.165) is 19.2 Å². The van der Waals surface area contributed by atoms with E-state index in [2.05, 4.69) is 10.1 Å². The van der Waals surface area contributed by atoms with Gasteiger partial charge in [-0.25, -0.2) is 9.59 Å². The molecule has 1 rings (SSSR count). The number of carbonyl (C=O) groups excluding carboxylic acids is 2. The monoisotopic (exact) mass is 346 g/mol. The smallest absolute Gasteiger partial charge is 0.467 e. The van der Waals surface area contributed by atoms with Crippen LogP contribution in [0.2, 0.25) is 0 Å². The Bertz CT molecular complexity index is 582. The topological polar surface area (TPSA) is 64.6 Å². The number of methoxy groups -OCH3 is 1. The van der Waals surface area contributed by atoms with E-state index in [9.17, 15) is 22.5 Å². The third-order valence-corrected chi connectivity index (χ3v) is 2.97. The summed E-state index contributed by atoms with van der Waals surface area (Å²) in [6.07, 6.45) is -0.829. The Kier molecular flexibility index (Phi) is 6.28. The van der Waals surface area contributed by atoms with Crippen molar-refractivity contribution in [1.82, 2.24) is 5.32 Å². The highest BCUT2D eigenvalue weighted by atomic mass is 19.4. The van der Waals surface area contributed by atoms with Gasteiger partial charge >= 0.3 is 19.0 Å². The van der Waals surface area contributed by atoms with Gasteiger partial charge in [0.15, 0.2) is 0 Å². The Hall–Kier alpha value is -2.19. The largest absolute Gasteiger partial charge is 0.509 e. The van der Waals surface area contributed by atoms with Crippen molar-refractivity contribution in [3.05, 3.63) is 29.8 Å². The fourth-order valence-corrected chi connectivity index (χ4v) is 1.89. The van der Waals surface area contributed by atoms with Crippen molar-refractivity contribution in [2.24, 2.45) is 0 Å². The zero-order valence-electron chi connectivity index (χ0n) is 13.9. The average Bonchev–Trinajstić information content (AvgIpc) is 2.43. The minimum Gasteiger partial charge on any atom is -0.467 e. The van der Waals surface area contributed by atoms with Gasteiger partial charge in [0.05, 0.1) is 7.11 Å². The molecule has 0 heterocycles. The van der Waals surface area contributed by atoms with Crippen LogP contribution in [0.1, 0.15) is 26.3 Å². The Balaban J connectivity index is 2.83. The van der Waals surface area contributed by atoms with Crippen LogP contribution in [0.4, 0.5) is 17.7 Å². The normalized spacial score (nSPS) is 13.1. The SMILES string of the molecule is COC(=O)[C@H](Cc1ccc([B-](F)(F)F)cc1)NC(=O)OC(C)(C)C. The zero-order valence-corrected chi connectivity index (χ0v) is 13.9. The van der Waals surface area contributed by atoms with E-state index in [1.165, 1.54) is 12.1 Å². The molecule has 0 saturated carbocycles. The van der Waals surface area contributed by atoms with Gasteiger partial charge in [-0.05, 0) is 26.3 Å². The molecule has 0 spiro atoms. The number of amides is 1. The van der Waals surface area contributed by atoms with Gasteiger partial charge in [0.2, 0.25) is 0 Å². The molecule has 134 valence electrons. The van der Waals surface area contributed by atoms with Crippen LogP contribution in [0.15, 0.2) is 24.3 Å². The van der Waals surface area contributed by atoms with Crippen LogP contribution in [-0.2, 0) is 20.7 Å². The summed E-state index contributed by atoms with van der Waals surface area (Å²) in [5, 5.41) is 2.36. The van der Waals surface area contributed by atoms with Crippen LogP contribution in [-0.4, -0.2) is 37.8 Å². The zero-order chi connectivity index (χ0) is 18.5. The maximum atomic E-state index is 12.6. The van der Waals surface area contributed by atoms with Gasteiger partial charge in [0.1, 0.15) is 11.6 Å². The fraction of sp³-hybridized carbons (Fsp3) is 0.467. The molecular weight excluding hydrogens is 326 g/mol. The molecule has 0 unspecified atom stereocenters. The van der Waals surface area contributed by atoms with E-state index in [0.29, 0.717) is 5.56 Å². The second-order valence-electron chi connectivity index (χ2n) is 6.24. The predicted octanol–water partition coefficient (Wildman–Crippen LogP) is 2.35. The molecule has 0 saturated heterocycles. The number of alkyl carbamates (subject to hydrolysis) is 1. The van der Waals surface area contributed by atoms with Crippen molar-refractivity contribution >= 4 is 24.5 Å². The number of benzene rings is 1. The van der Waals surface area contributed by atoms with Crippen LogP contribution < -0.4 is 10.8 Å². The summed E-state index contributed by atoms with van der Waals surface area (Å²) in [6, 6.07) is 3.34. The molecule has 9 heteroatoms. The molecule has 1 aromatic carbocycles. The Morgan fingerprint density at radius 2 is 1.71 bits per heavy atom. The lowest BCUT2D eigenvalue weighted by molar-refractivity contribution is -0.143. The predicted molar refractivity (Wildman–Crippen MR) is 84.0 cm³/mol. The molecule has 1 atom stereocenters. The van der Waals surface area contributed by atoms with Gasteiger partial charge in [-0.3, -0.25) is 0 Å². The first-order valence-corrected chi connectivity index (χ1v) is 7.28. The van der Waals surface area contributed by atoms with Crippen molar-refractivity contribution in [2.45, 2.75) is 38.8 Å². The highest BCUT2D eigenvalue weighted by Crippen LogP contribution is 2.12. The van der Waals surface area contributed by atoms with Crippen LogP contribution >= 0.6 is 0 Å². The molecule has 0 radical (unpaired) electrons. The van der Waals surface area contributed by atoms with Gasteiger partial charge in [-0.1, -0.05) is 24.3 Å². The number of rotatable bonds is 5. The first kappa shape index (κ1) is 19.9. The van der Waals surface area contributed by atoms with Crippen LogP contribution in [0.3, 0.4) is 0 Å². The van der Waals surface area contributed by atoms with Crippen molar-refractivity contribution in [3.63, 3.8) is 0 Å². The van der Waals surface area contributed by atoms with Crippen molar-refractivity contribution in [2.75, 3.05) is 7.11 Å². The van der Waals surface area contributed by atoms with Gasteiger partial charge in [0.25, 0.3) is 0 Å². The quantitative estimate of drug-likeness (QED) is 0.657. The molecule has 0 aliphatic carbocycles. The van der Waals surface area contributed by atoms with E-state index >= 15 is 0 Å². The highest BCUT2D eigenvalue weighted by molar-refractivity contribution is 6.73. The van der Waals surface area contributed by atoms with E-state index in [-0.39, 0.29) is 6.42 Å². The number of carbonyl (C=O) groups is 2. The van der Waals surface area contributed by atoms with E-state index in [4.69, 9.17) is 4.74 Å². The Labute approximate surface area is 138 Å². The third kappa shape index (κ3) is 6.51. The lowest BCUT2D eigenvalue weighted by Crippen LogP contribution is -2.45. The molecule has 1 aromatic rings. The van der Waals surface area contributed by atoms with Crippen molar-refractivity contribution in [1.29, 1.82) is 0 Å². The van der Waals surface area contributed by atoms with Gasteiger partial charge in [-0.2, -0.15) is 0 Å². The lowest BCUT2D eigenvalue weighted by Gasteiger charge is -2.23. The minimum absolute atomic E-state index is 0.0168. The first-order chi connectivity index (χ1) is 10.9. The number of ether oxygens (including phenoxy) is 2. The van der Waals surface area contributed by atoms with E-state index < -0.39 is 36.1 Å². The number of hydrogen-bond acceptors (Lipinski definition) is 4. The summed E-state index contributed by atoms with van der Waals surface area (Å²) >= 11 is 0. The maximum absolute atomic E-state index is 12.6. The summed E-state index contributed by atoms with van der Waals surface area (Å²) in [5.74, 6) is -0.718. The molecule has 0 aromatic heterocycles. The highest BCUT2D eigenvalue weighted by Gasteiger charge is 2.27. The number of nitrogens with one attached hydrogen (secondary N) is 1. The van der Waals surface area contributed by atoms with Gasteiger partial charge in [-0.15, -0.1) is 5.46 Å². The molecule has 1 N–H and O–H groups in total. The Morgan fingerprint density at radius 1 is 1.17 bits per heavy atom. The van der Waals surface area contributed by atoms with Crippen LogP contribution in [0, 0.1) is 0 Å². The lowest BCUT2D eigenvalue weighted by atomic mass is 9.79. The summed E-state index contributed by atoms with van der Waals surface area (Å²) in [7, 11) is 1.15. The summed E-state index contributed by atoms with van der Waals surface area (Å²) in [6.45, 7) is -0.0841. The number of esters is 1. The number of halogens is 3. The molecule has 0 aliphatic heterocycles. The maximum Gasteiger partial charge on any atom is 0.509 e. The van der Waals surface area contributed by atoms with E-state index in [1.54, 1.807) is 20.8 Å². The molecule has 1 amide bonds. The molecule has 24 heavy (non-hydrogen) atoms. The minimum atomic E-state index is -5.08. The van der Waals surface area contributed by atoms with E-state index in [1.807, 2.05) is 0 Å². The second-order valence-corrected chi connectivity index (χ2v) is 6.24. The van der Waals surface area contributed by atoms with Crippen LogP contribution in [0.25, 0.3) is 0 Å². The standard InChI is InChI=1S/C15H20BF3NO4/c1-15(2,3)24-14(22)20-12(13(21)23-4)9-10-5-7-11(8-6-10)16(17,18)19/h5-8,12H,9H2,1-4H3,(H,20,22)/q-1/t12-/m0/s1. The number of hydrogen-bond donors (Lipinski definition) is 1. The van der Waals surface area contributed by atoms with Crippen molar-refractivity contribution < 1.29 is 32.0 Å².